The van der Waals surface area contributed by atoms with Crippen LogP contribution in [0.25, 0.3) is 0 Å². The lowest BCUT2D eigenvalue weighted by Gasteiger charge is -2.27. The largest absolute Gasteiger partial charge is 0.858 e. The lowest BCUT2D eigenvalue weighted by Crippen LogP contribution is -2.38. The van der Waals surface area contributed by atoms with E-state index in [0.29, 0.717) is 5.69 Å². The van der Waals surface area contributed by atoms with Gasteiger partial charge < -0.3 is 10.8 Å². The van der Waals surface area contributed by atoms with Crippen molar-refractivity contribution in [3.63, 3.8) is 0 Å². The molecule has 44 heavy (non-hydrogen) atoms. The molecule has 0 saturated carbocycles. The van der Waals surface area contributed by atoms with Crippen molar-refractivity contribution in [1.29, 1.82) is 0 Å². The standard InChI is InChI=1S/C24H20P.C13H12N2O3S/c1-5-13-21(14-6-1)25(22-15-7-2-8-16-22,23-17-9-3-10-18-23)24-19-11-4-12-20-24;14-11-6-8-12(9-7-11)19(17,18)15-13(16)10-4-2-1-3-5-10/h1-20H;1-9H,14H2,(H,15,16)/q+1;/p-1. The minimum absolute atomic E-state index is 0.0639. The summed E-state index contributed by atoms with van der Waals surface area (Å²) in [6.07, 6.45) is 0. The summed E-state index contributed by atoms with van der Waals surface area (Å²) in [6, 6.07) is 57.3. The first-order chi connectivity index (χ1) is 21.4. The molecule has 0 aromatic heterocycles. The van der Waals surface area contributed by atoms with E-state index < -0.39 is 23.2 Å². The van der Waals surface area contributed by atoms with Gasteiger partial charge in [0.05, 0.1) is 4.90 Å². The summed E-state index contributed by atoms with van der Waals surface area (Å²) in [7, 11) is -5.91. The Balaban J connectivity index is 0.000000182. The van der Waals surface area contributed by atoms with Crippen LogP contribution in [0.2, 0.25) is 0 Å². The number of benzene rings is 6. The van der Waals surface area contributed by atoms with Crippen molar-refractivity contribution >= 4 is 50.1 Å². The number of nitrogens with zero attached hydrogens (tertiary/aromatic N) is 1. The van der Waals surface area contributed by atoms with Gasteiger partial charge in [-0.1, -0.05) is 103 Å². The smallest absolute Gasteiger partial charge is 0.281 e. The Morgan fingerprint density at radius 2 is 0.818 bits per heavy atom. The second-order valence-electron chi connectivity index (χ2n) is 9.82. The lowest BCUT2D eigenvalue weighted by molar-refractivity contribution is -0.212. The monoisotopic (exact) mass is 614 g/mol. The van der Waals surface area contributed by atoms with Gasteiger partial charge in [0.2, 0.25) is 0 Å². The molecule has 0 fully saturated rings. The average molecular weight is 615 g/mol. The fourth-order valence-corrected chi connectivity index (χ4v) is 10.1. The SMILES string of the molecule is Nc1ccc(S(=O)(=O)N=C([O-])c2ccccc2)cc1.c1ccc([P+](c2ccccc2)(c2ccccc2)c2ccccc2)cc1. The van der Waals surface area contributed by atoms with E-state index in [1.807, 2.05) is 0 Å². The van der Waals surface area contributed by atoms with Crippen molar-refractivity contribution in [3.05, 3.63) is 181 Å². The maximum absolute atomic E-state index is 11.9. The normalized spacial score (nSPS) is 11.7. The Kier molecular flexibility index (Phi) is 9.65. The van der Waals surface area contributed by atoms with E-state index in [4.69, 9.17) is 5.73 Å². The topological polar surface area (TPSA) is 95.6 Å². The van der Waals surface area contributed by atoms with Crippen molar-refractivity contribution in [2.45, 2.75) is 4.90 Å². The minimum atomic E-state index is -4.00. The van der Waals surface area contributed by atoms with Crippen molar-refractivity contribution < 1.29 is 13.5 Å². The van der Waals surface area contributed by atoms with Crippen LogP contribution in [0.5, 0.6) is 0 Å². The van der Waals surface area contributed by atoms with Crippen LogP contribution >= 0.6 is 7.26 Å². The first-order valence-corrected chi connectivity index (χ1v) is 17.2. The molecule has 0 aliphatic carbocycles. The summed E-state index contributed by atoms with van der Waals surface area (Å²) in [5.74, 6) is -0.794. The molecule has 218 valence electrons. The highest BCUT2D eigenvalue weighted by Crippen LogP contribution is 2.53. The zero-order valence-corrected chi connectivity index (χ0v) is 25.6. The van der Waals surface area contributed by atoms with E-state index in [0.717, 1.165) is 0 Å². The summed E-state index contributed by atoms with van der Waals surface area (Å²) in [5, 5.41) is 17.3. The maximum atomic E-state index is 11.9. The summed E-state index contributed by atoms with van der Waals surface area (Å²) < 4.78 is 27.1. The summed E-state index contributed by atoms with van der Waals surface area (Å²) in [5.41, 5.74) is 6.13. The van der Waals surface area contributed by atoms with Crippen LogP contribution in [0.4, 0.5) is 5.69 Å². The Bertz CT molecular complexity index is 1740. The second-order valence-corrected chi connectivity index (χ2v) is 14.8. The predicted molar refractivity (Wildman–Crippen MR) is 182 cm³/mol. The third-order valence-electron chi connectivity index (χ3n) is 6.98. The van der Waals surface area contributed by atoms with Gasteiger partial charge >= 0.3 is 0 Å². The zero-order chi connectivity index (χ0) is 30.8. The van der Waals surface area contributed by atoms with Gasteiger partial charge in [0.15, 0.2) is 0 Å². The quantitative estimate of drug-likeness (QED) is 0.118. The number of sulfonamides is 1. The first kappa shape index (κ1) is 30.4. The van der Waals surface area contributed by atoms with Crippen LogP contribution in [-0.2, 0) is 10.0 Å². The van der Waals surface area contributed by atoms with E-state index in [1.54, 1.807) is 18.2 Å². The molecule has 0 amide bonds. The summed E-state index contributed by atoms with van der Waals surface area (Å²) in [6.45, 7) is 0. The summed E-state index contributed by atoms with van der Waals surface area (Å²) >= 11 is 0. The highest BCUT2D eigenvalue weighted by Gasteiger charge is 2.47. The molecule has 0 aliphatic heterocycles. The molecule has 0 spiro atoms. The van der Waals surface area contributed by atoms with E-state index in [1.165, 1.54) is 57.6 Å². The molecule has 2 N–H and O–H groups in total. The number of hydrogen-bond acceptors (Lipinski definition) is 4. The molecule has 5 nitrogen and oxygen atoms in total. The molecule has 6 rings (SSSR count). The van der Waals surface area contributed by atoms with Crippen molar-refractivity contribution in [2.24, 2.45) is 4.40 Å². The molecule has 0 aliphatic rings. The van der Waals surface area contributed by atoms with E-state index in [-0.39, 0.29) is 10.5 Å². The Hall–Kier alpha value is -5.03. The molecule has 0 atom stereocenters. The van der Waals surface area contributed by atoms with Gasteiger partial charge in [0.1, 0.15) is 28.5 Å². The molecule has 7 heteroatoms. The fourth-order valence-electron chi connectivity index (χ4n) is 4.94. The molecule has 0 radical (unpaired) electrons. The number of nitrogens with two attached hydrogens (primary N) is 1. The third-order valence-corrected chi connectivity index (χ3v) is 12.5. The Labute approximate surface area is 259 Å². The highest BCUT2D eigenvalue weighted by molar-refractivity contribution is 8.01. The molecule has 0 saturated heterocycles. The van der Waals surface area contributed by atoms with Crippen LogP contribution in [0, 0.1) is 0 Å². The van der Waals surface area contributed by atoms with Crippen molar-refractivity contribution in [1.82, 2.24) is 0 Å². The Morgan fingerprint density at radius 3 is 1.16 bits per heavy atom. The van der Waals surface area contributed by atoms with Crippen LogP contribution in [0.3, 0.4) is 0 Å². The average Bonchev–Trinajstić information content (AvgIpc) is 3.08. The molecule has 0 heterocycles. The molecule has 0 unspecified atom stereocenters. The van der Waals surface area contributed by atoms with Crippen molar-refractivity contribution in [3.8, 4) is 0 Å². The van der Waals surface area contributed by atoms with E-state index in [9.17, 15) is 13.5 Å². The molecule has 0 bridgehead atoms. The second kappa shape index (κ2) is 14.0. The van der Waals surface area contributed by atoms with Gasteiger partial charge in [-0.3, -0.25) is 0 Å². The zero-order valence-electron chi connectivity index (χ0n) is 23.8. The van der Waals surface area contributed by atoms with Gasteiger partial charge in [-0.25, -0.2) is 0 Å². The third kappa shape index (κ3) is 6.78. The lowest BCUT2D eigenvalue weighted by atomic mass is 10.2. The molecular formula is C37H31N2O3PS. The first-order valence-electron chi connectivity index (χ1n) is 14.0. The number of rotatable bonds is 7. The fraction of sp³-hybridized carbons (Fsp3) is 0. The molecular weight excluding hydrogens is 583 g/mol. The molecule has 6 aromatic rings. The van der Waals surface area contributed by atoms with Gasteiger partial charge in [0.25, 0.3) is 10.0 Å². The van der Waals surface area contributed by atoms with Crippen LogP contribution in [0.15, 0.2) is 185 Å². The van der Waals surface area contributed by atoms with Gasteiger partial charge in [0, 0.05) is 11.6 Å². The number of nitrogen functional groups attached to an aromatic ring is 1. The van der Waals surface area contributed by atoms with Crippen LogP contribution in [0.1, 0.15) is 5.56 Å². The number of anilines is 1. The van der Waals surface area contributed by atoms with E-state index in [2.05, 4.69) is 126 Å². The molecule has 6 aromatic carbocycles. The minimum Gasteiger partial charge on any atom is -0.858 e. The van der Waals surface area contributed by atoms with Gasteiger partial charge in [-0.2, -0.15) is 12.8 Å². The van der Waals surface area contributed by atoms with Gasteiger partial charge in [-0.05, 0) is 78.4 Å². The maximum Gasteiger partial charge on any atom is 0.281 e. The van der Waals surface area contributed by atoms with Gasteiger partial charge in [-0.15, -0.1) is 0 Å². The summed E-state index contributed by atoms with van der Waals surface area (Å²) in [4.78, 5) is -0.0639. The van der Waals surface area contributed by atoms with E-state index >= 15 is 0 Å². The van der Waals surface area contributed by atoms with Crippen LogP contribution in [-0.4, -0.2) is 14.3 Å². The highest BCUT2D eigenvalue weighted by atomic mass is 32.2. The van der Waals surface area contributed by atoms with Crippen molar-refractivity contribution in [2.75, 3.05) is 5.73 Å². The van der Waals surface area contributed by atoms with Crippen LogP contribution < -0.4 is 32.1 Å². The predicted octanol–water partition coefficient (Wildman–Crippen LogP) is 5.07. The number of hydrogen-bond donors (Lipinski definition) is 1. The Morgan fingerprint density at radius 1 is 0.500 bits per heavy atom.